The predicted octanol–water partition coefficient (Wildman–Crippen LogP) is 8.85. The fourth-order valence-corrected chi connectivity index (χ4v) is 7.17. The second-order valence-electron chi connectivity index (χ2n) is 10.8. The van der Waals surface area contributed by atoms with E-state index in [0.717, 1.165) is 48.0 Å². The number of aryl methyl sites for hydroxylation is 1. The van der Waals surface area contributed by atoms with Gasteiger partial charge in [-0.15, -0.1) is 0 Å². The van der Waals surface area contributed by atoms with E-state index in [2.05, 4.69) is 19.1 Å². The summed E-state index contributed by atoms with van der Waals surface area (Å²) in [6, 6.07) is 6.12. The highest BCUT2D eigenvalue weighted by Crippen LogP contribution is 2.50. The lowest BCUT2D eigenvalue weighted by Crippen LogP contribution is -2.34. The molecule has 3 aliphatic rings. The maximum Gasteiger partial charge on any atom is 0.126 e. The average molecular weight is 411 g/mol. The van der Waals surface area contributed by atoms with Gasteiger partial charge in [-0.2, -0.15) is 0 Å². The Labute approximate surface area is 184 Å². The van der Waals surface area contributed by atoms with Gasteiger partial charge in [0.05, 0.1) is 0 Å². The molecule has 0 amide bonds. The van der Waals surface area contributed by atoms with E-state index in [1.54, 1.807) is 0 Å². The molecule has 0 radical (unpaired) electrons. The van der Waals surface area contributed by atoms with Gasteiger partial charge in [0, 0.05) is 0 Å². The van der Waals surface area contributed by atoms with Crippen molar-refractivity contribution in [3.63, 3.8) is 0 Å². The number of hydrogen-bond donors (Lipinski definition) is 0. The van der Waals surface area contributed by atoms with Crippen LogP contribution in [0.15, 0.2) is 30.4 Å². The van der Waals surface area contributed by atoms with Gasteiger partial charge in [0.15, 0.2) is 0 Å². The van der Waals surface area contributed by atoms with Gasteiger partial charge in [-0.3, -0.25) is 0 Å². The van der Waals surface area contributed by atoms with Crippen LogP contribution in [-0.4, -0.2) is 0 Å². The molecule has 0 aliphatic heterocycles. The van der Waals surface area contributed by atoms with E-state index >= 15 is 0 Å². The molecule has 1 heteroatoms. The van der Waals surface area contributed by atoms with Crippen molar-refractivity contribution in [3.8, 4) is 0 Å². The Morgan fingerprint density at radius 1 is 0.867 bits per heavy atom. The van der Waals surface area contributed by atoms with E-state index in [9.17, 15) is 4.39 Å². The van der Waals surface area contributed by atoms with E-state index in [-0.39, 0.29) is 5.82 Å². The zero-order chi connectivity index (χ0) is 20.9. The molecule has 30 heavy (non-hydrogen) atoms. The molecule has 166 valence electrons. The Morgan fingerprint density at radius 2 is 1.53 bits per heavy atom. The smallest absolute Gasteiger partial charge is 0.126 e. The molecule has 4 unspecified atom stereocenters. The molecular weight excluding hydrogens is 367 g/mol. The van der Waals surface area contributed by atoms with Gasteiger partial charge in [0.2, 0.25) is 0 Å². The summed E-state index contributed by atoms with van der Waals surface area (Å²) in [5.74, 6) is 5.62. The molecule has 0 aromatic heterocycles. The van der Waals surface area contributed by atoms with Crippen molar-refractivity contribution in [1.29, 1.82) is 0 Å². The van der Waals surface area contributed by atoms with Crippen molar-refractivity contribution in [3.05, 3.63) is 47.3 Å². The van der Waals surface area contributed by atoms with Crippen LogP contribution in [-0.2, 0) is 6.42 Å². The lowest BCUT2D eigenvalue weighted by molar-refractivity contribution is 0.0629. The highest BCUT2D eigenvalue weighted by atomic mass is 19.1. The minimum absolute atomic E-state index is 0.0140. The monoisotopic (exact) mass is 410 g/mol. The minimum atomic E-state index is 0.0140. The topological polar surface area (TPSA) is 0 Å². The first-order chi connectivity index (χ1) is 14.7. The highest BCUT2D eigenvalue weighted by molar-refractivity contribution is 5.28. The molecule has 0 nitrogen and oxygen atoms in total. The van der Waals surface area contributed by atoms with Crippen LogP contribution in [0.5, 0.6) is 0 Å². The van der Waals surface area contributed by atoms with Crippen molar-refractivity contribution in [2.75, 3.05) is 0 Å². The van der Waals surface area contributed by atoms with Crippen LogP contribution < -0.4 is 0 Å². The van der Waals surface area contributed by atoms with Crippen LogP contribution in [0.25, 0.3) is 0 Å². The number of rotatable bonds is 6. The Hall–Kier alpha value is -1.11. The highest BCUT2D eigenvalue weighted by Gasteiger charge is 2.38. The quantitative estimate of drug-likeness (QED) is 0.411. The normalized spacial score (nSPS) is 34.8. The van der Waals surface area contributed by atoms with Gasteiger partial charge in [-0.05, 0) is 130 Å². The van der Waals surface area contributed by atoms with Crippen molar-refractivity contribution in [2.24, 2.45) is 29.6 Å². The van der Waals surface area contributed by atoms with Gasteiger partial charge < -0.3 is 0 Å². The summed E-state index contributed by atoms with van der Waals surface area (Å²) < 4.78 is 14.6. The molecule has 1 aromatic rings. The van der Waals surface area contributed by atoms with E-state index in [0.29, 0.717) is 5.92 Å². The largest absolute Gasteiger partial charge is 0.207 e. The molecular formula is C29H43F. The lowest BCUT2D eigenvalue weighted by atomic mass is 9.60. The summed E-state index contributed by atoms with van der Waals surface area (Å²) in [7, 11) is 0. The van der Waals surface area contributed by atoms with E-state index in [1.807, 2.05) is 25.1 Å². The van der Waals surface area contributed by atoms with Crippen LogP contribution in [0.2, 0.25) is 0 Å². The maximum atomic E-state index is 14.6. The minimum Gasteiger partial charge on any atom is -0.207 e. The predicted molar refractivity (Wildman–Crippen MR) is 126 cm³/mol. The molecule has 3 saturated carbocycles. The fraction of sp³-hybridized carbons (Fsp3) is 0.724. The molecule has 0 bridgehead atoms. The first-order valence-electron chi connectivity index (χ1n) is 13.1. The van der Waals surface area contributed by atoms with Gasteiger partial charge in [0.25, 0.3) is 0 Å². The van der Waals surface area contributed by atoms with Crippen LogP contribution in [0.3, 0.4) is 0 Å². The standard InChI is InChI=1S/C29H43F/c1-3-5-6-7-24-14-15-28(20-29(24)30)23-12-10-22(11-13-23)26-17-16-25-18-21(4-2)8-9-27(25)19-26/h3,5,14-15,20-23,25-27H,4,6-13,16-19H2,1-2H3/b5-3+. The van der Waals surface area contributed by atoms with E-state index in [4.69, 9.17) is 0 Å². The second kappa shape index (κ2) is 10.5. The van der Waals surface area contributed by atoms with Gasteiger partial charge in [-0.25, -0.2) is 4.39 Å². The lowest BCUT2D eigenvalue weighted by Gasteiger charge is -2.45. The van der Waals surface area contributed by atoms with Crippen LogP contribution in [0.4, 0.5) is 4.39 Å². The molecule has 4 atom stereocenters. The summed E-state index contributed by atoms with van der Waals surface area (Å²) in [5.41, 5.74) is 2.13. The Bertz CT molecular complexity index is 696. The molecule has 0 saturated heterocycles. The van der Waals surface area contributed by atoms with Crippen LogP contribution in [0.1, 0.15) is 108 Å². The van der Waals surface area contributed by atoms with Crippen molar-refractivity contribution >= 4 is 0 Å². The number of allylic oxidation sites excluding steroid dienone is 2. The molecule has 0 spiro atoms. The average Bonchev–Trinajstić information content (AvgIpc) is 2.79. The zero-order valence-corrected chi connectivity index (χ0v) is 19.4. The molecule has 0 N–H and O–H groups in total. The van der Waals surface area contributed by atoms with Crippen molar-refractivity contribution in [1.82, 2.24) is 0 Å². The van der Waals surface area contributed by atoms with Gasteiger partial charge in [0.1, 0.15) is 5.82 Å². The van der Waals surface area contributed by atoms with Gasteiger partial charge in [-0.1, -0.05) is 44.1 Å². The Kier molecular flexibility index (Phi) is 7.71. The van der Waals surface area contributed by atoms with Gasteiger partial charge >= 0.3 is 0 Å². The first-order valence-corrected chi connectivity index (χ1v) is 13.1. The molecule has 4 rings (SSSR count). The van der Waals surface area contributed by atoms with E-state index in [1.165, 1.54) is 76.2 Å². The van der Waals surface area contributed by atoms with Crippen molar-refractivity contribution in [2.45, 2.75) is 103 Å². The molecule has 3 fully saturated rings. The first kappa shape index (κ1) is 22.1. The third kappa shape index (κ3) is 5.20. The number of fused-ring (bicyclic) bond motifs is 1. The fourth-order valence-electron chi connectivity index (χ4n) is 7.17. The Morgan fingerprint density at radius 3 is 2.23 bits per heavy atom. The summed E-state index contributed by atoms with van der Waals surface area (Å²) in [6.45, 7) is 4.41. The maximum absolute atomic E-state index is 14.6. The van der Waals surface area contributed by atoms with E-state index < -0.39 is 0 Å². The SMILES string of the molecule is C/C=C/CCc1ccc(C2CCC(C3CCC4CC(CC)CCC4C3)CC2)cc1F. The number of benzene rings is 1. The third-order valence-corrected chi connectivity index (χ3v) is 9.14. The number of halogens is 1. The summed E-state index contributed by atoms with van der Waals surface area (Å²) in [6.07, 6.45) is 21.6. The van der Waals surface area contributed by atoms with Crippen LogP contribution >= 0.6 is 0 Å². The van der Waals surface area contributed by atoms with Crippen LogP contribution in [0, 0.1) is 35.4 Å². The number of hydrogen-bond acceptors (Lipinski definition) is 0. The zero-order valence-electron chi connectivity index (χ0n) is 19.4. The Balaban J connectivity index is 1.28. The van der Waals surface area contributed by atoms with Crippen molar-refractivity contribution < 1.29 is 4.39 Å². The second-order valence-corrected chi connectivity index (χ2v) is 10.8. The summed E-state index contributed by atoms with van der Waals surface area (Å²) >= 11 is 0. The summed E-state index contributed by atoms with van der Waals surface area (Å²) in [5, 5.41) is 0. The molecule has 1 aromatic carbocycles. The molecule has 3 aliphatic carbocycles. The molecule has 0 heterocycles. The summed E-state index contributed by atoms with van der Waals surface area (Å²) in [4.78, 5) is 0. The third-order valence-electron chi connectivity index (χ3n) is 9.14.